The minimum atomic E-state index is -10.2. The van der Waals surface area contributed by atoms with E-state index in [0.717, 1.165) is 0 Å². The predicted octanol–water partition coefficient (Wildman–Crippen LogP) is 3.65. The first-order chi connectivity index (χ1) is 6.73. The molecule has 0 aromatic heterocycles. The van der Waals surface area contributed by atoms with E-state index >= 15 is 0 Å². The van der Waals surface area contributed by atoms with Crippen LogP contribution in [0.4, 0.5) is 28.7 Å². The third kappa shape index (κ3) is 3.03. The third-order valence-electron chi connectivity index (χ3n) is 1.42. The van der Waals surface area contributed by atoms with E-state index in [0.29, 0.717) is 6.08 Å². The second kappa shape index (κ2) is 3.28. The molecule has 0 N–H and O–H groups in total. The number of ether oxygens (including phenoxy) is 1. The number of hydrogen-bond donors (Lipinski definition) is 0. The van der Waals surface area contributed by atoms with Crippen LogP contribution in [-0.2, 0) is 9.53 Å². The van der Waals surface area contributed by atoms with Gasteiger partial charge in [0.25, 0.3) is 0 Å². The maximum absolute atomic E-state index is 12.3. The normalized spacial score (nSPS) is 17.2. The Bertz CT molecular complexity index is 313. The summed E-state index contributed by atoms with van der Waals surface area (Å²) < 4.78 is 87.7. The molecule has 10 heteroatoms. The van der Waals surface area contributed by atoms with Gasteiger partial charge in [0.05, 0.1) is 0 Å². The lowest BCUT2D eigenvalue weighted by Crippen LogP contribution is -2.37. The van der Waals surface area contributed by atoms with Gasteiger partial charge in [-0.25, -0.2) is 4.79 Å². The molecule has 0 aliphatic rings. The number of esters is 1. The lowest BCUT2D eigenvalue weighted by atomic mass is 10.6. The van der Waals surface area contributed by atoms with E-state index in [1.165, 1.54) is 0 Å². The van der Waals surface area contributed by atoms with Crippen LogP contribution in [0, 0.1) is 0 Å². The summed E-state index contributed by atoms with van der Waals surface area (Å²) in [6.07, 6.45) is 0.445. The minimum absolute atomic E-state index is 0.445. The lowest BCUT2D eigenvalue weighted by Gasteiger charge is -2.49. The second-order valence-electron chi connectivity index (χ2n) is 2.76. The van der Waals surface area contributed by atoms with E-state index < -0.39 is 33.7 Å². The van der Waals surface area contributed by atoms with Crippen molar-refractivity contribution in [3.8, 4) is 0 Å². The highest BCUT2D eigenvalue weighted by atomic mass is 32.5. The molecule has 0 fully saturated rings. The fourth-order valence-corrected chi connectivity index (χ4v) is 1.13. The fraction of sp³-hybridized carbons (Fsp3) is 0.500. The molecular weight excluding hydrogens is 269 g/mol. The average molecular weight is 276 g/mol. The maximum Gasteiger partial charge on any atom is 0.506 e. The molecule has 0 radical (unpaired) electrons. The molecule has 16 heavy (non-hydrogen) atoms. The van der Waals surface area contributed by atoms with E-state index in [1.54, 1.807) is 0 Å². The van der Waals surface area contributed by atoms with E-state index in [2.05, 4.69) is 11.3 Å². The van der Waals surface area contributed by atoms with Crippen LogP contribution in [0.25, 0.3) is 0 Å². The Morgan fingerprint density at radius 2 is 1.69 bits per heavy atom. The van der Waals surface area contributed by atoms with Crippen LogP contribution < -0.4 is 0 Å². The second-order valence-corrected chi connectivity index (χ2v) is 6.11. The van der Waals surface area contributed by atoms with Crippen LogP contribution >= 0.6 is 9.84 Å². The Morgan fingerprint density at radius 1 is 1.25 bits per heavy atom. The molecule has 0 saturated heterocycles. The topological polar surface area (TPSA) is 26.3 Å². The molecular formula is C6H7F7O2S. The van der Waals surface area contributed by atoms with Gasteiger partial charge in [-0.3, -0.25) is 0 Å². The zero-order valence-corrected chi connectivity index (χ0v) is 8.39. The van der Waals surface area contributed by atoms with Crippen LogP contribution in [0.1, 0.15) is 0 Å². The third-order valence-corrected chi connectivity index (χ3v) is 3.43. The van der Waals surface area contributed by atoms with Gasteiger partial charge >= 0.3 is 11.5 Å². The highest BCUT2D eigenvalue weighted by Crippen LogP contribution is 3.02. The first-order valence-corrected chi connectivity index (χ1v) is 5.79. The van der Waals surface area contributed by atoms with Crippen molar-refractivity contribution in [1.29, 1.82) is 0 Å². The predicted molar refractivity (Wildman–Crippen MR) is 44.1 cm³/mol. The Kier molecular flexibility index (Phi) is 3.09. The van der Waals surface area contributed by atoms with Crippen molar-refractivity contribution in [2.75, 3.05) is 12.4 Å². The summed E-state index contributed by atoms with van der Waals surface area (Å²) in [5, 5.41) is 0. The molecule has 0 aromatic carbocycles. The van der Waals surface area contributed by atoms with Crippen molar-refractivity contribution in [2.24, 2.45) is 0 Å². The van der Waals surface area contributed by atoms with E-state index in [4.69, 9.17) is 0 Å². The maximum atomic E-state index is 12.3. The van der Waals surface area contributed by atoms with Gasteiger partial charge in [0.1, 0.15) is 12.4 Å². The van der Waals surface area contributed by atoms with Crippen molar-refractivity contribution in [3.05, 3.63) is 12.7 Å². The SMILES string of the molecule is C=CC(=O)OCCS(F)(F)(F)(F)C(F)(F)F. The zero-order chi connectivity index (χ0) is 13.3. The molecule has 98 valence electrons. The van der Waals surface area contributed by atoms with Crippen LogP contribution in [0.2, 0.25) is 0 Å². The first kappa shape index (κ1) is 15.1. The van der Waals surface area contributed by atoms with Gasteiger partial charge in [-0.2, -0.15) is 13.2 Å². The van der Waals surface area contributed by atoms with Crippen LogP contribution in [0.15, 0.2) is 12.7 Å². The molecule has 0 aliphatic heterocycles. The molecule has 0 unspecified atom stereocenters. The number of carbonyl (C=O) groups is 1. The summed E-state index contributed by atoms with van der Waals surface area (Å²) in [7, 11) is -10.2. The molecule has 0 heterocycles. The summed E-state index contributed by atoms with van der Waals surface area (Å²) in [5.41, 5.74) is -6.96. The quantitative estimate of drug-likeness (QED) is 0.445. The number of hydrogen-bond acceptors (Lipinski definition) is 2. The zero-order valence-electron chi connectivity index (χ0n) is 7.57. The van der Waals surface area contributed by atoms with Crippen LogP contribution in [-0.4, -0.2) is 23.8 Å². The summed E-state index contributed by atoms with van der Waals surface area (Å²) in [6.45, 7) is 1.05. The van der Waals surface area contributed by atoms with Crippen molar-refractivity contribution < 1.29 is 38.2 Å². The molecule has 0 aromatic rings. The monoisotopic (exact) mass is 276 g/mol. The summed E-state index contributed by atoms with van der Waals surface area (Å²) in [4.78, 5) is 10.3. The van der Waals surface area contributed by atoms with E-state index in [-0.39, 0.29) is 0 Å². The number of alkyl halides is 3. The summed E-state index contributed by atoms with van der Waals surface area (Å²) in [5.74, 6) is -4.24. The van der Waals surface area contributed by atoms with Crippen molar-refractivity contribution in [2.45, 2.75) is 5.51 Å². The summed E-state index contributed by atoms with van der Waals surface area (Å²) in [6, 6.07) is 0. The van der Waals surface area contributed by atoms with E-state index in [1.807, 2.05) is 0 Å². The molecule has 2 nitrogen and oxygen atoms in total. The molecule has 0 bridgehead atoms. The van der Waals surface area contributed by atoms with Crippen LogP contribution in [0.5, 0.6) is 0 Å². The molecule has 0 rings (SSSR count). The number of rotatable bonds is 4. The Labute approximate surface area is 85.5 Å². The Hall–Kier alpha value is -0.930. The average Bonchev–Trinajstić information content (AvgIpc) is 1.99. The van der Waals surface area contributed by atoms with Gasteiger partial charge in [-0.15, -0.1) is 15.5 Å². The number of carbonyl (C=O) groups excluding carboxylic acids is 1. The van der Waals surface area contributed by atoms with Gasteiger partial charge in [0, 0.05) is 6.08 Å². The Balaban J connectivity index is 4.79. The van der Waals surface area contributed by atoms with Crippen molar-refractivity contribution >= 4 is 15.8 Å². The summed E-state index contributed by atoms with van der Waals surface area (Å²) >= 11 is 0. The fourth-order valence-electron chi connectivity index (χ4n) is 0.485. The molecule has 0 aliphatic carbocycles. The van der Waals surface area contributed by atoms with Crippen LogP contribution in [0.3, 0.4) is 0 Å². The highest BCUT2D eigenvalue weighted by molar-refractivity contribution is 8.50. The van der Waals surface area contributed by atoms with Gasteiger partial charge in [0.2, 0.25) is 9.84 Å². The van der Waals surface area contributed by atoms with Gasteiger partial charge in [0.15, 0.2) is 0 Å². The lowest BCUT2D eigenvalue weighted by molar-refractivity contribution is -0.137. The first-order valence-electron chi connectivity index (χ1n) is 3.57. The smallest absolute Gasteiger partial charge is 0.461 e. The van der Waals surface area contributed by atoms with Gasteiger partial charge in [-0.1, -0.05) is 6.58 Å². The van der Waals surface area contributed by atoms with Crippen molar-refractivity contribution in [3.63, 3.8) is 0 Å². The van der Waals surface area contributed by atoms with E-state index in [9.17, 15) is 33.5 Å². The molecule has 0 spiro atoms. The minimum Gasteiger partial charge on any atom is -0.461 e. The highest BCUT2D eigenvalue weighted by Gasteiger charge is 2.82. The number of halogens is 7. The largest absolute Gasteiger partial charge is 0.506 e. The molecule has 0 amide bonds. The van der Waals surface area contributed by atoms with Gasteiger partial charge < -0.3 is 4.74 Å². The van der Waals surface area contributed by atoms with Gasteiger partial charge in [-0.05, 0) is 0 Å². The molecule has 0 atom stereocenters. The molecule has 0 saturated carbocycles. The Morgan fingerprint density at radius 3 is 2.00 bits per heavy atom. The standard InChI is InChI=1S/C6H7F7O2S/c1-2-5(14)15-3-4-16(10,11,12,13)6(7,8)9/h2H,1,3-4H2. The van der Waals surface area contributed by atoms with Crippen molar-refractivity contribution in [1.82, 2.24) is 0 Å².